The van der Waals surface area contributed by atoms with E-state index in [1.54, 1.807) is 13.0 Å². The maximum atomic E-state index is 11.4. The number of hydrogen-bond acceptors (Lipinski definition) is 6. The van der Waals surface area contributed by atoms with Crippen LogP contribution in [0.25, 0.3) is 0 Å². The molecule has 0 bridgehead atoms. The highest BCUT2D eigenvalue weighted by atomic mass is 35.5. The Morgan fingerprint density at radius 1 is 1.53 bits per heavy atom. The van der Waals surface area contributed by atoms with Gasteiger partial charge in [-0.15, -0.1) is 0 Å². The summed E-state index contributed by atoms with van der Waals surface area (Å²) in [6.45, 7) is 1.42. The van der Waals surface area contributed by atoms with Crippen molar-refractivity contribution < 1.29 is 13.5 Å². The lowest BCUT2D eigenvalue weighted by Crippen LogP contribution is -2.20. The van der Waals surface area contributed by atoms with Crippen LogP contribution in [-0.2, 0) is 9.84 Å². The minimum absolute atomic E-state index is 0.101. The molecule has 0 aliphatic rings. The first-order valence-electron chi connectivity index (χ1n) is 5.52. The van der Waals surface area contributed by atoms with Gasteiger partial charge in [-0.25, -0.2) is 13.4 Å². The Morgan fingerprint density at radius 2 is 2.21 bits per heavy atom. The van der Waals surface area contributed by atoms with Crippen molar-refractivity contribution in [2.45, 2.75) is 6.92 Å². The number of hydrogen-bond donors (Lipinski definition) is 2. The zero-order valence-corrected chi connectivity index (χ0v) is 11.9. The number of anilines is 1. The third-order valence-corrected chi connectivity index (χ3v) is 4.23. The lowest BCUT2D eigenvalue weighted by Gasteiger charge is -2.09. The predicted octanol–water partition coefficient (Wildman–Crippen LogP) is 0.734. The van der Waals surface area contributed by atoms with Crippen LogP contribution < -0.4 is 5.32 Å². The Hall–Kier alpha value is -1.36. The molecular weight excluding hydrogens is 290 g/mol. The molecule has 1 aromatic heterocycles. The third-order valence-electron chi connectivity index (χ3n) is 2.40. The maximum absolute atomic E-state index is 11.4. The van der Waals surface area contributed by atoms with Crippen molar-refractivity contribution in [1.29, 1.82) is 5.26 Å². The number of pyridine rings is 1. The molecule has 0 aromatic carbocycles. The van der Waals surface area contributed by atoms with Crippen LogP contribution in [0, 0.1) is 18.3 Å². The van der Waals surface area contributed by atoms with Gasteiger partial charge in [0, 0.05) is 6.54 Å². The van der Waals surface area contributed by atoms with Gasteiger partial charge in [0.2, 0.25) is 0 Å². The first-order chi connectivity index (χ1) is 8.89. The normalized spacial score (nSPS) is 11.1. The molecule has 19 heavy (non-hydrogen) atoms. The van der Waals surface area contributed by atoms with Crippen LogP contribution in [0.5, 0.6) is 0 Å². The Bertz CT molecular complexity index is 596. The van der Waals surface area contributed by atoms with Crippen molar-refractivity contribution in [1.82, 2.24) is 4.98 Å². The van der Waals surface area contributed by atoms with Gasteiger partial charge in [-0.3, -0.25) is 0 Å². The van der Waals surface area contributed by atoms with E-state index in [-0.39, 0.29) is 29.0 Å². The number of aliphatic hydroxyl groups excluding tert-OH is 1. The van der Waals surface area contributed by atoms with Crippen molar-refractivity contribution >= 4 is 27.3 Å². The molecule has 0 saturated heterocycles. The largest absolute Gasteiger partial charge is 0.395 e. The topological polar surface area (TPSA) is 103 Å². The molecule has 1 heterocycles. The summed E-state index contributed by atoms with van der Waals surface area (Å²) in [6.07, 6.45) is 0. The van der Waals surface area contributed by atoms with Crippen LogP contribution in [0.1, 0.15) is 11.1 Å². The number of sulfone groups is 1. The molecule has 1 aromatic rings. The molecule has 0 unspecified atom stereocenters. The molecule has 1 rings (SSSR count). The van der Waals surface area contributed by atoms with Crippen LogP contribution >= 0.6 is 11.6 Å². The quantitative estimate of drug-likeness (QED) is 0.751. The summed E-state index contributed by atoms with van der Waals surface area (Å²) >= 11 is 5.79. The van der Waals surface area contributed by atoms with Crippen LogP contribution in [0.4, 0.5) is 5.82 Å². The van der Waals surface area contributed by atoms with E-state index in [1.165, 1.54) is 0 Å². The zero-order chi connectivity index (χ0) is 14.5. The first-order valence-corrected chi connectivity index (χ1v) is 7.72. The number of aryl methyl sites for hydroxylation is 1. The van der Waals surface area contributed by atoms with Crippen molar-refractivity contribution in [3.63, 3.8) is 0 Å². The Balaban J connectivity index is 2.77. The highest BCUT2D eigenvalue weighted by Crippen LogP contribution is 2.20. The molecule has 0 aliphatic carbocycles. The molecule has 2 N–H and O–H groups in total. The number of halogens is 1. The van der Waals surface area contributed by atoms with Gasteiger partial charge in [0.15, 0.2) is 9.84 Å². The fraction of sp³-hybridized carbons (Fsp3) is 0.455. The van der Waals surface area contributed by atoms with E-state index in [9.17, 15) is 8.42 Å². The average molecular weight is 304 g/mol. The first kappa shape index (κ1) is 15.7. The Morgan fingerprint density at radius 3 is 2.79 bits per heavy atom. The molecule has 0 radical (unpaired) electrons. The van der Waals surface area contributed by atoms with Crippen molar-refractivity contribution in [3.05, 3.63) is 22.3 Å². The summed E-state index contributed by atoms with van der Waals surface area (Å²) in [5.74, 6) is -0.153. The molecule has 104 valence electrons. The summed E-state index contributed by atoms with van der Waals surface area (Å²) in [4.78, 5) is 3.96. The molecule has 8 heteroatoms. The minimum Gasteiger partial charge on any atom is -0.395 e. The molecule has 0 fully saturated rings. The molecule has 6 nitrogen and oxygen atoms in total. The van der Waals surface area contributed by atoms with E-state index in [2.05, 4.69) is 10.3 Å². The smallest absolute Gasteiger partial charge is 0.154 e. The summed E-state index contributed by atoms with van der Waals surface area (Å²) in [6, 6.07) is 3.55. The lowest BCUT2D eigenvalue weighted by molar-refractivity contribution is 0.319. The van der Waals surface area contributed by atoms with E-state index >= 15 is 0 Å². The minimum atomic E-state index is -3.30. The fourth-order valence-corrected chi connectivity index (χ4v) is 2.61. The summed E-state index contributed by atoms with van der Waals surface area (Å²) < 4.78 is 22.8. The van der Waals surface area contributed by atoms with Crippen molar-refractivity contribution in [3.8, 4) is 6.07 Å². The van der Waals surface area contributed by atoms with E-state index < -0.39 is 16.4 Å². The standard InChI is InChI=1S/C11H14ClN3O3S/c1-8-6-10(12)15-11(9(8)7-13)14-2-4-19(17,18)5-3-16/h6,16H,2-5H2,1H3,(H,14,15). The lowest BCUT2D eigenvalue weighted by atomic mass is 10.1. The number of aromatic nitrogens is 1. The Labute approximate surface area is 117 Å². The van der Waals surface area contributed by atoms with Crippen molar-refractivity contribution in [2.75, 3.05) is 30.0 Å². The van der Waals surface area contributed by atoms with Crippen LogP contribution in [0.2, 0.25) is 5.15 Å². The second-order valence-electron chi connectivity index (χ2n) is 3.90. The predicted molar refractivity (Wildman–Crippen MR) is 72.9 cm³/mol. The summed E-state index contributed by atoms with van der Waals surface area (Å²) in [5, 5.41) is 20.6. The van der Waals surface area contributed by atoms with Gasteiger partial charge in [-0.2, -0.15) is 5.26 Å². The molecular formula is C11H14ClN3O3S. The summed E-state index contributed by atoms with van der Waals surface area (Å²) in [5.41, 5.74) is 1.01. The van der Waals surface area contributed by atoms with Crippen LogP contribution in [0.3, 0.4) is 0 Å². The number of nitriles is 1. The number of aliphatic hydroxyl groups is 1. The summed E-state index contributed by atoms with van der Waals surface area (Å²) in [7, 11) is -3.30. The fourth-order valence-electron chi connectivity index (χ4n) is 1.47. The van der Waals surface area contributed by atoms with Gasteiger partial charge in [-0.1, -0.05) is 11.6 Å². The Kier molecular flexibility index (Phi) is 5.54. The highest BCUT2D eigenvalue weighted by molar-refractivity contribution is 7.91. The van der Waals surface area contributed by atoms with Gasteiger partial charge in [0.1, 0.15) is 17.0 Å². The van der Waals surface area contributed by atoms with Gasteiger partial charge >= 0.3 is 0 Å². The van der Waals surface area contributed by atoms with Gasteiger partial charge in [-0.05, 0) is 18.6 Å². The monoisotopic (exact) mass is 303 g/mol. The van der Waals surface area contributed by atoms with E-state index in [0.717, 1.165) is 0 Å². The van der Waals surface area contributed by atoms with E-state index in [4.69, 9.17) is 22.0 Å². The second kappa shape index (κ2) is 6.70. The zero-order valence-electron chi connectivity index (χ0n) is 10.4. The average Bonchev–Trinajstić information content (AvgIpc) is 2.28. The van der Waals surface area contributed by atoms with E-state index in [1.807, 2.05) is 6.07 Å². The van der Waals surface area contributed by atoms with E-state index in [0.29, 0.717) is 11.1 Å². The molecule has 0 spiro atoms. The van der Waals surface area contributed by atoms with Gasteiger partial charge in [0.25, 0.3) is 0 Å². The second-order valence-corrected chi connectivity index (χ2v) is 6.59. The maximum Gasteiger partial charge on any atom is 0.154 e. The van der Waals surface area contributed by atoms with Crippen LogP contribution in [0.15, 0.2) is 6.07 Å². The van der Waals surface area contributed by atoms with Crippen molar-refractivity contribution in [2.24, 2.45) is 0 Å². The SMILES string of the molecule is Cc1cc(Cl)nc(NCCS(=O)(=O)CCO)c1C#N. The molecule has 0 saturated carbocycles. The molecule has 0 atom stereocenters. The van der Waals surface area contributed by atoms with Crippen LogP contribution in [-0.4, -0.2) is 43.2 Å². The highest BCUT2D eigenvalue weighted by Gasteiger charge is 2.12. The third kappa shape index (κ3) is 4.67. The number of nitrogens with one attached hydrogen (secondary N) is 1. The molecule has 0 amide bonds. The number of nitrogens with zero attached hydrogens (tertiary/aromatic N) is 2. The van der Waals surface area contributed by atoms with Gasteiger partial charge in [0.05, 0.1) is 23.7 Å². The number of rotatable bonds is 6. The van der Waals surface area contributed by atoms with Gasteiger partial charge < -0.3 is 10.4 Å². The molecule has 0 aliphatic heterocycles.